The van der Waals surface area contributed by atoms with E-state index in [1.807, 2.05) is 36.5 Å². The Morgan fingerprint density at radius 2 is 1.25 bits per heavy atom. The van der Waals surface area contributed by atoms with Gasteiger partial charge in [-0.25, -0.2) is 24.3 Å². The third-order valence-electron chi connectivity index (χ3n) is 0.772. The van der Waals surface area contributed by atoms with E-state index in [2.05, 4.69) is 12.2 Å². The summed E-state index contributed by atoms with van der Waals surface area (Å²) in [5, 5.41) is 0. The van der Waals surface area contributed by atoms with Crippen LogP contribution in [0.25, 0.3) is 0 Å². The zero-order valence-electron chi connectivity index (χ0n) is 4.46. The number of allylic oxidation sites excluding steroid dienone is 8. The highest BCUT2D eigenvalue weighted by molar-refractivity contribution is 5.17. The molecule has 0 saturated heterocycles. The second kappa shape index (κ2) is 3.03. The molecule has 0 nitrogen and oxygen atoms in total. The minimum atomic E-state index is 1.82. The molecule has 1 rings (SSSR count). The van der Waals surface area contributed by atoms with Gasteiger partial charge in [-0.3, -0.25) is 24.3 Å². The van der Waals surface area contributed by atoms with Crippen molar-refractivity contribution in [2.45, 2.75) is 0 Å². The molecule has 8 heavy (non-hydrogen) atoms. The third-order valence-corrected chi connectivity index (χ3v) is 0.772. The van der Waals surface area contributed by atoms with E-state index in [0.717, 1.165) is 0 Å². The van der Waals surface area contributed by atoms with Gasteiger partial charge in [-0.2, -0.15) is 0 Å². The first-order valence-electron chi connectivity index (χ1n) is 2.49. The molecule has 0 aromatic rings. The van der Waals surface area contributed by atoms with Gasteiger partial charge in [0.1, 0.15) is 0 Å². The van der Waals surface area contributed by atoms with E-state index in [0.29, 0.717) is 0 Å². The van der Waals surface area contributed by atoms with Gasteiger partial charge in [-0.05, 0) is 0 Å². The average molecular weight is 102 g/mol. The first-order chi connectivity index (χ1) is 4.00. The van der Waals surface area contributed by atoms with E-state index in [1.165, 1.54) is 0 Å². The molecule has 0 spiro atoms. The van der Waals surface area contributed by atoms with Gasteiger partial charge in [0.15, 0.2) is 0 Å². The van der Waals surface area contributed by atoms with Crippen molar-refractivity contribution < 1.29 is 0 Å². The topological polar surface area (TPSA) is 0 Å². The normalized spacial score (nSPS) is 32.0. The minimum Gasteiger partial charge on any atom is -0.274 e. The van der Waals surface area contributed by atoms with Crippen LogP contribution in [0.2, 0.25) is 0 Å². The summed E-state index contributed by atoms with van der Waals surface area (Å²) in [6, 6.07) is 0. The van der Waals surface area contributed by atoms with Crippen LogP contribution in [0.1, 0.15) is 0 Å². The van der Waals surface area contributed by atoms with Crippen LogP contribution in [0.5, 0.6) is 0 Å². The van der Waals surface area contributed by atoms with E-state index in [4.69, 9.17) is 0 Å². The van der Waals surface area contributed by atoms with Crippen molar-refractivity contribution in [2.75, 3.05) is 0 Å². The van der Waals surface area contributed by atoms with Crippen molar-refractivity contribution in [3.8, 4) is 0 Å². The van der Waals surface area contributed by atoms with Crippen LogP contribution >= 0.6 is 0 Å². The molecule has 0 amide bonds. The fourth-order valence-corrected chi connectivity index (χ4v) is 0.430. The molecule has 40 valence electrons. The van der Waals surface area contributed by atoms with Crippen molar-refractivity contribution in [3.63, 3.8) is 0 Å². The largest absolute Gasteiger partial charge is 0.274 e. The van der Waals surface area contributed by atoms with Gasteiger partial charge in [0.2, 0.25) is 0 Å². The number of rotatable bonds is 0. The summed E-state index contributed by atoms with van der Waals surface area (Å²) >= 11 is 0. The molecule has 0 aromatic heterocycles. The summed E-state index contributed by atoms with van der Waals surface area (Å²) < 4.78 is 0. The molecule has 0 radical (unpaired) electrons. The summed E-state index contributed by atoms with van der Waals surface area (Å²) in [7, 11) is 0. The molecule has 0 atom stereocenters. The molecule has 0 saturated carbocycles. The van der Waals surface area contributed by atoms with E-state index in [1.54, 1.807) is 0 Å². The van der Waals surface area contributed by atoms with Gasteiger partial charge in [0.05, 0.1) is 0 Å². The van der Waals surface area contributed by atoms with Crippen LogP contribution < -0.4 is 0 Å². The fraction of sp³-hybridized carbons (Fsp3) is 0. The minimum absolute atomic E-state index is 1.82. The van der Waals surface area contributed by atoms with E-state index < -0.39 is 0 Å². The van der Waals surface area contributed by atoms with E-state index in [-0.39, 0.29) is 0 Å². The van der Waals surface area contributed by atoms with Crippen LogP contribution in [-0.2, 0) is 0 Å². The second-order valence-corrected chi connectivity index (χ2v) is 1.38. The van der Waals surface area contributed by atoms with Gasteiger partial charge in [0.25, 0.3) is 0 Å². The lowest BCUT2D eigenvalue weighted by molar-refractivity contribution is 1.73. The summed E-state index contributed by atoms with van der Waals surface area (Å²) in [4.78, 5) is 0. The zero-order chi connectivity index (χ0) is 5.66. The Hall–Kier alpha value is -1.04. The molecule has 0 unspecified atom stereocenters. The quantitative estimate of drug-likeness (QED) is 0.409. The van der Waals surface area contributed by atoms with Crippen molar-refractivity contribution in [2.24, 2.45) is 0 Å². The molecule has 1 aliphatic rings. The first-order valence-corrected chi connectivity index (χ1v) is 2.49. The van der Waals surface area contributed by atoms with Crippen molar-refractivity contribution >= 4 is 0 Å². The maximum atomic E-state index is 2.91. The Bertz CT molecular complexity index is 101. The molecular weight excluding hydrogens is 96.1 g/mol. The van der Waals surface area contributed by atoms with Gasteiger partial charge in [-0.1, -0.05) is 0 Å². The fourth-order valence-electron chi connectivity index (χ4n) is 0.430. The molecule has 0 heterocycles. The molecule has 0 aromatic carbocycles. The van der Waals surface area contributed by atoms with Crippen LogP contribution in [0.3, 0.4) is 0 Å². The van der Waals surface area contributed by atoms with Crippen LogP contribution in [0.4, 0.5) is 0 Å². The second-order valence-electron chi connectivity index (χ2n) is 1.38. The molecule has 1 aliphatic carbocycles. The Morgan fingerprint density at radius 1 is 0.750 bits per heavy atom. The van der Waals surface area contributed by atoms with Crippen LogP contribution in [0.15, 0.2) is 36.5 Å². The molecular formula is C8H6-2. The van der Waals surface area contributed by atoms with Crippen molar-refractivity contribution in [3.05, 3.63) is 48.6 Å². The predicted octanol–water partition coefficient (Wildman–Crippen LogP) is 1.83. The SMILES string of the molecule is [C-]1=C\C=C/C=[C-]\C=C/1. The first kappa shape index (κ1) is 5.10. The average Bonchev–Trinajstić information content (AvgIpc) is 1.62. The Kier molecular flexibility index (Phi) is 1.93. The Labute approximate surface area is 49.5 Å². The van der Waals surface area contributed by atoms with Gasteiger partial charge in [-0.15, -0.1) is 0 Å². The summed E-state index contributed by atoms with van der Waals surface area (Å²) in [5.41, 5.74) is 0. The lowest BCUT2D eigenvalue weighted by Gasteiger charge is -1.94. The van der Waals surface area contributed by atoms with Crippen LogP contribution in [-0.4, -0.2) is 0 Å². The smallest absolute Gasteiger partial charge is 0.201 e. The highest BCUT2D eigenvalue weighted by Gasteiger charge is 1.48. The van der Waals surface area contributed by atoms with Crippen molar-refractivity contribution in [1.29, 1.82) is 0 Å². The molecule has 0 bridgehead atoms. The Balaban J connectivity index is 2.67. The highest BCUT2D eigenvalue weighted by Crippen LogP contribution is 1.85. The summed E-state index contributed by atoms with van der Waals surface area (Å²) in [6.45, 7) is 0. The van der Waals surface area contributed by atoms with Gasteiger partial charge < -0.3 is 0 Å². The molecule has 0 N–H and O–H groups in total. The summed E-state index contributed by atoms with van der Waals surface area (Å²) in [5.74, 6) is 0. The Morgan fingerprint density at radius 3 is 1.75 bits per heavy atom. The zero-order valence-corrected chi connectivity index (χ0v) is 4.46. The predicted molar refractivity (Wildman–Crippen MR) is 33.9 cm³/mol. The third kappa shape index (κ3) is 1.61. The van der Waals surface area contributed by atoms with Crippen molar-refractivity contribution in [1.82, 2.24) is 0 Å². The lowest BCUT2D eigenvalue weighted by atomic mass is 10.3. The standard InChI is InChI=1S/C8H6/c1-2-4-6-8-7-5-3-1/h1-4,7-8H/q-2/b2-1-,3-1?,4-2?,8-7-. The highest BCUT2D eigenvalue weighted by atomic mass is 13.7. The van der Waals surface area contributed by atoms with E-state index >= 15 is 0 Å². The monoisotopic (exact) mass is 102 g/mol. The number of hydrogen-bond donors (Lipinski definition) is 0. The number of hydrogen-bond acceptors (Lipinski definition) is 0. The van der Waals surface area contributed by atoms with Crippen LogP contribution in [0, 0.1) is 12.2 Å². The van der Waals surface area contributed by atoms with Gasteiger partial charge >= 0.3 is 0 Å². The lowest BCUT2D eigenvalue weighted by Crippen LogP contribution is -1.57. The molecule has 0 aliphatic heterocycles. The maximum Gasteiger partial charge on any atom is -0.201 e. The maximum absolute atomic E-state index is 2.91. The molecule has 0 fully saturated rings. The van der Waals surface area contributed by atoms with Gasteiger partial charge in [0, 0.05) is 0 Å². The molecule has 0 heteroatoms. The summed E-state index contributed by atoms with van der Waals surface area (Å²) in [6.07, 6.45) is 17.0. The van der Waals surface area contributed by atoms with E-state index in [9.17, 15) is 0 Å².